The minimum Gasteiger partial charge on any atom is -0.336 e. The van der Waals surface area contributed by atoms with Crippen LogP contribution >= 0.6 is 11.3 Å². The fraction of sp³-hybridized carbons (Fsp3) is 0.652. The van der Waals surface area contributed by atoms with E-state index in [1.54, 1.807) is 15.9 Å². The molecule has 3 heterocycles. The van der Waals surface area contributed by atoms with Gasteiger partial charge in [0.25, 0.3) is 11.5 Å². The van der Waals surface area contributed by atoms with Crippen LogP contribution in [-0.2, 0) is 6.54 Å². The maximum atomic E-state index is 13.4. The van der Waals surface area contributed by atoms with E-state index in [4.69, 9.17) is 0 Å². The van der Waals surface area contributed by atoms with Crippen molar-refractivity contribution in [3.05, 3.63) is 33.1 Å². The van der Waals surface area contributed by atoms with Crippen LogP contribution in [-0.4, -0.2) is 52.5 Å². The number of pyridine rings is 1. The highest BCUT2D eigenvalue weighted by atomic mass is 32.1. The summed E-state index contributed by atoms with van der Waals surface area (Å²) < 4.78 is 2.69. The van der Waals surface area contributed by atoms with E-state index in [0.29, 0.717) is 29.5 Å². The first-order valence-corrected chi connectivity index (χ1v) is 11.9. The van der Waals surface area contributed by atoms with Gasteiger partial charge >= 0.3 is 0 Å². The molecular weight excluding hydrogens is 382 g/mol. The first kappa shape index (κ1) is 20.6. The van der Waals surface area contributed by atoms with Crippen molar-refractivity contribution in [3.8, 4) is 0 Å². The van der Waals surface area contributed by atoms with Gasteiger partial charge < -0.3 is 9.47 Å². The monoisotopic (exact) mass is 415 g/mol. The lowest BCUT2D eigenvalue weighted by molar-refractivity contribution is 0.0524. The van der Waals surface area contributed by atoms with E-state index in [2.05, 4.69) is 18.7 Å². The van der Waals surface area contributed by atoms with E-state index in [-0.39, 0.29) is 11.5 Å². The Morgan fingerprint density at radius 1 is 1.14 bits per heavy atom. The van der Waals surface area contributed by atoms with Gasteiger partial charge in [-0.15, -0.1) is 11.3 Å². The number of aromatic nitrogens is 1. The molecule has 5 nitrogen and oxygen atoms in total. The Hall–Kier alpha value is -1.66. The standard InChI is InChI=1S/C23H33N3O2S/c1-16(2)15-26-10-9-19-21(23(26)28)20(17(3)29-19)22(27)25-13-11-24(12-14-25)18-7-5-4-6-8-18/h9-10,16,18H,4-8,11-15H2,1-3H3. The number of hydrogen-bond acceptors (Lipinski definition) is 4. The van der Waals surface area contributed by atoms with Crippen LogP contribution < -0.4 is 5.56 Å². The number of hydrogen-bond donors (Lipinski definition) is 0. The number of carbonyl (C=O) groups excluding carboxylic acids is 1. The lowest BCUT2D eigenvalue weighted by atomic mass is 9.94. The molecule has 0 aromatic carbocycles. The first-order valence-electron chi connectivity index (χ1n) is 11.1. The summed E-state index contributed by atoms with van der Waals surface area (Å²) >= 11 is 1.56. The van der Waals surface area contributed by atoms with Gasteiger partial charge in [0.2, 0.25) is 0 Å². The molecule has 1 amide bonds. The molecule has 2 aromatic heterocycles. The van der Waals surface area contributed by atoms with Crippen molar-refractivity contribution in [1.82, 2.24) is 14.4 Å². The van der Waals surface area contributed by atoms with E-state index >= 15 is 0 Å². The van der Waals surface area contributed by atoms with Crippen molar-refractivity contribution in [2.75, 3.05) is 26.2 Å². The molecule has 29 heavy (non-hydrogen) atoms. The van der Waals surface area contributed by atoms with Crippen LogP contribution in [0.3, 0.4) is 0 Å². The summed E-state index contributed by atoms with van der Waals surface area (Å²) in [4.78, 5) is 32.1. The molecule has 2 aromatic rings. The van der Waals surface area contributed by atoms with Gasteiger partial charge in [0, 0.05) is 54.5 Å². The third-order valence-electron chi connectivity index (χ3n) is 6.46. The molecule has 1 aliphatic carbocycles. The number of thiophene rings is 1. The second-order valence-electron chi connectivity index (χ2n) is 9.06. The Morgan fingerprint density at radius 2 is 1.83 bits per heavy atom. The number of amides is 1. The Morgan fingerprint density at radius 3 is 2.48 bits per heavy atom. The average Bonchev–Trinajstić information content (AvgIpc) is 3.07. The van der Waals surface area contributed by atoms with E-state index in [1.165, 1.54) is 32.1 Å². The van der Waals surface area contributed by atoms with E-state index in [0.717, 1.165) is 35.8 Å². The molecule has 158 valence electrons. The second kappa shape index (κ2) is 8.60. The SMILES string of the molecule is Cc1sc2ccn(CC(C)C)c(=O)c2c1C(=O)N1CCN(C2CCCCC2)CC1. The number of piperazine rings is 1. The summed E-state index contributed by atoms with van der Waals surface area (Å²) in [5.41, 5.74) is 0.615. The largest absolute Gasteiger partial charge is 0.336 e. The number of carbonyl (C=O) groups is 1. The fourth-order valence-electron chi connectivity index (χ4n) is 4.95. The molecule has 1 saturated carbocycles. The van der Waals surface area contributed by atoms with Crippen LogP contribution in [0.4, 0.5) is 0 Å². The number of nitrogens with zero attached hydrogens (tertiary/aromatic N) is 3. The minimum absolute atomic E-state index is 0.0234. The zero-order chi connectivity index (χ0) is 20.5. The Balaban J connectivity index is 1.55. The van der Waals surface area contributed by atoms with Gasteiger partial charge in [-0.25, -0.2) is 0 Å². The Kier molecular flexibility index (Phi) is 6.11. The normalized spacial score (nSPS) is 19.4. The topological polar surface area (TPSA) is 45.6 Å². The van der Waals surface area contributed by atoms with Gasteiger partial charge in [0.1, 0.15) is 0 Å². The van der Waals surface area contributed by atoms with E-state index < -0.39 is 0 Å². The lowest BCUT2D eigenvalue weighted by Gasteiger charge is -2.40. The highest BCUT2D eigenvalue weighted by molar-refractivity contribution is 7.19. The fourth-order valence-corrected chi connectivity index (χ4v) is 6.00. The van der Waals surface area contributed by atoms with Crippen LogP contribution in [0.2, 0.25) is 0 Å². The highest BCUT2D eigenvalue weighted by Crippen LogP contribution is 2.30. The number of rotatable bonds is 4. The molecule has 0 N–H and O–H groups in total. The summed E-state index contributed by atoms with van der Waals surface area (Å²) in [5.74, 6) is 0.424. The van der Waals surface area contributed by atoms with Crippen molar-refractivity contribution in [2.45, 2.75) is 65.5 Å². The van der Waals surface area contributed by atoms with Crippen LogP contribution in [0, 0.1) is 12.8 Å². The maximum absolute atomic E-state index is 13.4. The van der Waals surface area contributed by atoms with Gasteiger partial charge in [-0.05, 0) is 31.7 Å². The van der Waals surface area contributed by atoms with Gasteiger partial charge in [0.05, 0.1) is 10.9 Å². The number of aryl methyl sites for hydroxylation is 1. The summed E-state index contributed by atoms with van der Waals surface area (Å²) in [6.07, 6.45) is 8.53. The summed E-state index contributed by atoms with van der Waals surface area (Å²) in [6.45, 7) is 10.3. The third kappa shape index (κ3) is 4.15. The maximum Gasteiger partial charge on any atom is 0.260 e. The average molecular weight is 416 g/mol. The van der Waals surface area contributed by atoms with Gasteiger partial charge in [-0.3, -0.25) is 14.5 Å². The molecule has 0 radical (unpaired) electrons. The summed E-state index contributed by atoms with van der Waals surface area (Å²) in [7, 11) is 0. The minimum atomic E-state index is -0.0234. The van der Waals surface area contributed by atoms with Crippen LogP contribution in [0.1, 0.15) is 61.2 Å². The summed E-state index contributed by atoms with van der Waals surface area (Å²) in [5, 5.41) is 0.621. The quantitative estimate of drug-likeness (QED) is 0.755. The van der Waals surface area contributed by atoms with Crippen molar-refractivity contribution >= 4 is 27.3 Å². The lowest BCUT2D eigenvalue weighted by Crippen LogP contribution is -2.52. The van der Waals surface area contributed by atoms with Crippen LogP contribution in [0.15, 0.2) is 17.1 Å². The molecule has 6 heteroatoms. The first-order chi connectivity index (χ1) is 14.0. The van der Waals surface area contributed by atoms with E-state index in [9.17, 15) is 9.59 Å². The highest BCUT2D eigenvalue weighted by Gasteiger charge is 2.30. The van der Waals surface area contributed by atoms with Crippen molar-refractivity contribution in [3.63, 3.8) is 0 Å². The molecule has 4 rings (SSSR count). The van der Waals surface area contributed by atoms with Crippen molar-refractivity contribution < 1.29 is 4.79 Å². The molecule has 0 atom stereocenters. The third-order valence-corrected chi connectivity index (χ3v) is 7.53. The van der Waals surface area contributed by atoms with Crippen LogP contribution in [0.5, 0.6) is 0 Å². The second-order valence-corrected chi connectivity index (χ2v) is 10.3. The zero-order valence-corrected chi connectivity index (χ0v) is 18.8. The van der Waals surface area contributed by atoms with Gasteiger partial charge in [0.15, 0.2) is 0 Å². The molecule has 2 aliphatic rings. The zero-order valence-electron chi connectivity index (χ0n) is 17.9. The molecule has 0 spiro atoms. The van der Waals surface area contributed by atoms with Crippen molar-refractivity contribution in [1.29, 1.82) is 0 Å². The Labute approximate surface area is 177 Å². The molecule has 1 aliphatic heterocycles. The predicted octanol–water partition coefficient (Wildman–Crippen LogP) is 4.12. The molecule has 0 bridgehead atoms. The summed E-state index contributed by atoms with van der Waals surface area (Å²) in [6, 6.07) is 2.70. The van der Waals surface area contributed by atoms with Crippen molar-refractivity contribution in [2.24, 2.45) is 5.92 Å². The van der Waals surface area contributed by atoms with Crippen LogP contribution in [0.25, 0.3) is 10.1 Å². The smallest absolute Gasteiger partial charge is 0.260 e. The molecule has 2 fully saturated rings. The predicted molar refractivity (Wildman–Crippen MR) is 120 cm³/mol. The number of fused-ring (bicyclic) bond motifs is 1. The molecular formula is C23H33N3O2S. The van der Waals surface area contributed by atoms with Gasteiger partial charge in [-0.2, -0.15) is 0 Å². The Bertz CT molecular complexity index is 931. The molecule has 1 saturated heterocycles. The van der Waals surface area contributed by atoms with Gasteiger partial charge in [-0.1, -0.05) is 33.1 Å². The molecule has 0 unspecified atom stereocenters. The van der Waals surface area contributed by atoms with E-state index in [1.807, 2.05) is 24.1 Å².